The highest BCUT2D eigenvalue weighted by Crippen LogP contribution is 2.18. The monoisotopic (exact) mass is 272 g/mol. The van der Waals surface area contributed by atoms with Crippen molar-refractivity contribution in [2.24, 2.45) is 4.99 Å². The van der Waals surface area contributed by atoms with Crippen LogP contribution in [0.15, 0.2) is 41.0 Å². The molecule has 104 valence electrons. The lowest BCUT2D eigenvalue weighted by atomic mass is 10.2. The fraction of sp³-hybridized carbons (Fsp3) is 0.267. The molecule has 1 aromatic carbocycles. The van der Waals surface area contributed by atoms with Crippen molar-refractivity contribution in [1.29, 1.82) is 0 Å². The lowest BCUT2D eigenvalue weighted by Gasteiger charge is -2.14. The molecule has 0 bridgehead atoms. The van der Waals surface area contributed by atoms with E-state index in [0.29, 0.717) is 18.1 Å². The summed E-state index contributed by atoms with van der Waals surface area (Å²) in [5, 5.41) is 0. The van der Waals surface area contributed by atoms with Gasteiger partial charge in [-0.2, -0.15) is 0 Å². The zero-order valence-electron chi connectivity index (χ0n) is 11.5. The first-order chi connectivity index (χ1) is 9.61. The Morgan fingerprint density at radius 1 is 1.35 bits per heavy atom. The minimum atomic E-state index is -0.434. The number of esters is 1. The number of amidine groups is 1. The minimum absolute atomic E-state index is 0.103. The van der Waals surface area contributed by atoms with Crippen LogP contribution < -0.4 is 0 Å². The molecule has 0 aromatic heterocycles. The van der Waals surface area contributed by atoms with Gasteiger partial charge in [-0.3, -0.25) is 14.5 Å². The molecule has 0 spiro atoms. The normalized spacial score (nSPS) is 16.5. The summed E-state index contributed by atoms with van der Waals surface area (Å²) in [6.45, 7) is 3.62. The smallest absolute Gasteiger partial charge is 0.326 e. The molecule has 0 saturated heterocycles. The number of aliphatic imine (C=N–C) groups is 1. The zero-order valence-corrected chi connectivity index (χ0v) is 11.5. The topological polar surface area (TPSA) is 59.0 Å². The molecule has 1 aliphatic heterocycles. The highest BCUT2D eigenvalue weighted by molar-refractivity contribution is 6.14. The third kappa shape index (κ3) is 3.12. The third-order valence-corrected chi connectivity index (χ3v) is 2.83. The van der Waals surface area contributed by atoms with Crippen molar-refractivity contribution < 1.29 is 14.3 Å². The van der Waals surface area contributed by atoms with Crippen molar-refractivity contribution in [2.45, 2.75) is 13.8 Å². The molecule has 0 unspecified atom stereocenters. The van der Waals surface area contributed by atoms with E-state index in [-0.39, 0.29) is 12.5 Å². The molecule has 0 atom stereocenters. The minimum Gasteiger partial charge on any atom is -0.465 e. The maximum atomic E-state index is 12.2. The fourth-order valence-corrected chi connectivity index (χ4v) is 1.89. The van der Waals surface area contributed by atoms with E-state index in [4.69, 9.17) is 4.74 Å². The lowest BCUT2D eigenvalue weighted by Crippen LogP contribution is -2.36. The standard InChI is InChI=1S/C15H16N2O3/c1-3-20-14(18)10-17-11(2)16-13(15(17)19)9-12-7-5-4-6-8-12/h4-9H,3,10H2,1-2H3/b13-9+. The molecule has 0 aliphatic carbocycles. The largest absolute Gasteiger partial charge is 0.465 e. The van der Waals surface area contributed by atoms with Crippen LogP contribution in [-0.2, 0) is 14.3 Å². The van der Waals surface area contributed by atoms with Gasteiger partial charge in [0.2, 0.25) is 0 Å². The van der Waals surface area contributed by atoms with E-state index >= 15 is 0 Å². The number of carbonyl (C=O) groups excluding carboxylic acids is 2. The molecular formula is C15H16N2O3. The van der Waals surface area contributed by atoms with Crippen LogP contribution in [0, 0.1) is 0 Å². The van der Waals surface area contributed by atoms with Gasteiger partial charge in [0.1, 0.15) is 18.1 Å². The van der Waals surface area contributed by atoms with Crippen LogP contribution in [0.1, 0.15) is 19.4 Å². The van der Waals surface area contributed by atoms with Gasteiger partial charge in [-0.25, -0.2) is 4.99 Å². The molecule has 0 saturated carbocycles. The summed E-state index contributed by atoms with van der Waals surface area (Å²) in [5.74, 6) is -0.207. The molecule has 2 rings (SSSR count). The summed E-state index contributed by atoms with van der Waals surface area (Å²) in [7, 11) is 0. The Morgan fingerprint density at radius 2 is 2.05 bits per heavy atom. The number of nitrogens with zero attached hydrogens (tertiary/aromatic N) is 2. The Morgan fingerprint density at radius 3 is 2.70 bits per heavy atom. The molecule has 1 aromatic rings. The maximum Gasteiger partial charge on any atom is 0.326 e. The summed E-state index contributed by atoms with van der Waals surface area (Å²) in [6.07, 6.45) is 1.71. The van der Waals surface area contributed by atoms with Crippen LogP contribution in [0.2, 0.25) is 0 Å². The van der Waals surface area contributed by atoms with Gasteiger partial charge in [0.05, 0.1) is 6.61 Å². The van der Waals surface area contributed by atoms with E-state index in [1.165, 1.54) is 4.90 Å². The highest BCUT2D eigenvalue weighted by Gasteiger charge is 2.29. The van der Waals surface area contributed by atoms with E-state index in [9.17, 15) is 9.59 Å². The molecule has 1 amide bonds. The number of ether oxygens (including phenoxy) is 1. The average molecular weight is 272 g/mol. The van der Waals surface area contributed by atoms with E-state index in [1.54, 1.807) is 19.9 Å². The number of benzene rings is 1. The molecule has 5 heteroatoms. The summed E-state index contributed by atoms with van der Waals surface area (Å²) in [5.41, 5.74) is 1.23. The van der Waals surface area contributed by atoms with Crippen LogP contribution in [-0.4, -0.2) is 35.8 Å². The first-order valence-electron chi connectivity index (χ1n) is 6.41. The number of carbonyl (C=O) groups is 2. The lowest BCUT2D eigenvalue weighted by molar-refractivity contribution is -0.145. The molecule has 20 heavy (non-hydrogen) atoms. The quantitative estimate of drug-likeness (QED) is 0.621. The Bertz CT molecular complexity index is 576. The summed E-state index contributed by atoms with van der Waals surface area (Å²) in [6, 6.07) is 9.45. The summed E-state index contributed by atoms with van der Waals surface area (Å²) >= 11 is 0. The second-order valence-electron chi connectivity index (χ2n) is 4.30. The first kappa shape index (κ1) is 14.0. The summed E-state index contributed by atoms with van der Waals surface area (Å²) < 4.78 is 4.85. The van der Waals surface area contributed by atoms with Gasteiger partial charge in [0.25, 0.3) is 5.91 Å². The second kappa shape index (κ2) is 6.14. The zero-order chi connectivity index (χ0) is 14.5. The number of rotatable bonds is 4. The molecular weight excluding hydrogens is 256 g/mol. The predicted molar refractivity (Wildman–Crippen MR) is 75.9 cm³/mol. The molecule has 1 heterocycles. The predicted octanol–water partition coefficient (Wildman–Crippen LogP) is 1.85. The number of hydrogen-bond acceptors (Lipinski definition) is 4. The summed E-state index contributed by atoms with van der Waals surface area (Å²) in [4.78, 5) is 29.2. The van der Waals surface area contributed by atoms with Crippen molar-refractivity contribution in [3.8, 4) is 0 Å². The Balaban J connectivity index is 2.15. The van der Waals surface area contributed by atoms with E-state index in [2.05, 4.69) is 4.99 Å². The van der Waals surface area contributed by atoms with Crippen LogP contribution in [0.25, 0.3) is 6.08 Å². The Labute approximate surface area is 117 Å². The van der Waals surface area contributed by atoms with Crippen LogP contribution >= 0.6 is 0 Å². The van der Waals surface area contributed by atoms with Gasteiger partial charge in [0.15, 0.2) is 0 Å². The van der Waals surface area contributed by atoms with Crippen molar-refractivity contribution in [2.75, 3.05) is 13.2 Å². The van der Waals surface area contributed by atoms with E-state index < -0.39 is 5.97 Å². The van der Waals surface area contributed by atoms with Crippen molar-refractivity contribution in [3.63, 3.8) is 0 Å². The van der Waals surface area contributed by atoms with Crippen LogP contribution in [0.4, 0.5) is 0 Å². The number of hydrogen-bond donors (Lipinski definition) is 0. The molecule has 1 aliphatic rings. The van der Waals surface area contributed by atoms with E-state index in [0.717, 1.165) is 5.56 Å². The first-order valence-corrected chi connectivity index (χ1v) is 6.41. The van der Waals surface area contributed by atoms with Gasteiger partial charge < -0.3 is 4.74 Å². The van der Waals surface area contributed by atoms with Gasteiger partial charge >= 0.3 is 5.97 Å². The average Bonchev–Trinajstić information content (AvgIpc) is 2.68. The third-order valence-electron chi connectivity index (χ3n) is 2.83. The van der Waals surface area contributed by atoms with Crippen molar-refractivity contribution in [1.82, 2.24) is 4.90 Å². The van der Waals surface area contributed by atoms with Crippen molar-refractivity contribution in [3.05, 3.63) is 41.6 Å². The molecule has 0 N–H and O–H groups in total. The van der Waals surface area contributed by atoms with Crippen LogP contribution in [0.3, 0.4) is 0 Å². The fourth-order valence-electron chi connectivity index (χ4n) is 1.89. The van der Waals surface area contributed by atoms with E-state index in [1.807, 2.05) is 30.3 Å². The van der Waals surface area contributed by atoms with Gasteiger partial charge in [-0.1, -0.05) is 30.3 Å². The Hall–Kier alpha value is -2.43. The number of amides is 1. The molecule has 0 radical (unpaired) electrons. The van der Waals surface area contributed by atoms with Gasteiger partial charge in [-0.15, -0.1) is 0 Å². The SMILES string of the molecule is CCOC(=O)CN1C(=O)/C(=C\c2ccccc2)N=C1C. The maximum absolute atomic E-state index is 12.2. The second-order valence-corrected chi connectivity index (χ2v) is 4.30. The van der Waals surface area contributed by atoms with Crippen molar-refractivity contribution >= 4 is 23.8 Å². The van der Waals surface area contributed by atoms with Gasteiger partial charge in [0, 0.05) is 0 Å². The highest BCUT2D eigenvalue weighted by atomic mass is 16.5. The van der Waals surface area contributed by atoms with Crippen LogP contribution in [0.5, 0.6) is 0 Å². The Kier molecular flexibility index (Phi) is 4.30. The van der Waals surface area contributed by atoms with Gasteiger partial charge in [-0.05, 0) is 25.5 Å². The molecule has 0 fully saturated rings. The molecule has 5 nitrogen and oxygen atoms in total.